The molecule has 4 nitrogen and oxygen atoms in total. The SMILES string of the molecule is Cc1cccc(CNC(=O)C(C)C(N)c2ccccc2)n1. The van der Waals surface area contributed by atoms with Gasteiger partial charge in [-0.15, -0.1) is 0 Å². The van der Waals surface area contributed by atoms with Crippen LogP contribution in [0.3, 0.4) is 0 Å². The van der Waals surface area contributed by atoms with E-state index < -0.39 is 0 Å². The zero-order valence-electron chi connectivity index (χ0n) is 12.4. The number of nitrogens with zero attached hydrogens (tertiary/aromatic N) is 1. The molecule has 0 aliphatic heterocycles. The number of aryl methyl sites for hydroxylation is 1. The number of hydrogen-bond acceptors (Lipinski definition) is 3. The first-order valence-corrected chi connectivity index (χ1v) is 7.08. The first-order valence-electron chi connectivity index (χ1n) is 7.08. The Morgan fingerprint density at radius 1 is 1.19 bits per heavy atom. The Balaban J connectivity index is 1.94. The summed E-state index contributed by atoms with van der Waals surface area (Å²) in [6.45, 7) is 4.20. The summed E-state index contributed by atoms with van der Waals surface area (Å²) in [5.41, 5.74) is 8.91. The average Bonchev–Trinajstić information content (AvgIpc) is 2.52. The average molecular weight is 283 g/mol. The normalized spacial score (nSPS) is 13.5. The molecular formula is C17H21N3O. The minimum Gasteiger partial charge on any atom is -0.350 e. The van der Waals surface area contributed by atoms with E-state index in [0.29, 0.717) is 6.54 Å². The Hall–Kier alpha value is -2.20. The number of pyridine rings is 1. The summed E-state index contributed by atoms with van der Waals surface area (Å²) < 4.78 is 0. The number of carbonyl (C=O) groups excluding carboxylic acids is 1. The quantitative estimate of drug-likeness (QED) is 0.885. The van der Waals surface area contributed by atoms with Crippen LogP contribution in [0.25, 0.3) is 0 Å². The number of benzene rings is 1. The van der Waals surface area contributed by atoms with Gasteiger partial charge in [0, 0.05) is 11.7 Å². The Labute approximate surface area is 125 Å². The third kappa shape index (κ3) is 4.13. The molecule has 1 amide bonds. The van der Waals surface area contributed by atoms with Crippen LogP contribution in [0.15, 0.2) is 48.5 Å². The molecule has 3 N–H and O–H groups in total. The van der Waals surface area contributed by atoms with Crippen LogP contribution >= 0.6 is 0 Å². The molecule has 110 valence electrons. The van der Waals surface area contributed by atoms with Gasteiger partial charge in [0.1, 0.15) is 0 Å². The molecule has 1 aromatic heterocycles. The zero-order chi connectivity index (χ0) is 15.2. The fraction of sp³-hybridized carbons (Fsp3) is 0.294. The number of carbonyl (C=O) groups is 1. The molecule has 1 heterocycles. The van der Waals surface area contributed by atoms with Gasteiger partial charge < -0.3 is 11.1 Å². The van der Waals surface area contributed by atoms with Crippen LogP contribution in [0.5, 0.6) is 0 Å². The maximum Gasteiger partial charge on any atom is 0.225 e. The van der Waals surface area contributed by atoms with Crippen LogP contribution in [0, 0.1) is 12.8 Å². The molecule has 2 rings (SSSR count). The summed E-state index contributed by atoms with van der Waals surface area (Å²) in [4.78, 5) is 16.6. The molecule has 0 radical (unpaired) electrons. The lowest BCUT2D eigenvalue weighted by molar-refractivity contribution is -0.125. The van der Waals surface area contributed by atoms with Crippen LogP contribution < -0.4 is 11.1 Å². The second-order valence-electron chi connectivity index (χ2n) is 5.21. The minimum absolute atomic E-state index is 0.0605. The second-order valence-corrected chi connectivity index (χ2v) is 5.21. The number of hydrogen-bond donors (Lipinski definition) is 2. The van der Waals surface area contributed by atoms with Crippen LogP contribution in [0.2, 0.25) is 0 Å². The van der Waals surface area contributed by atoms with Gasteiger partial charge in [-0.05, 0) is 24.6 Å². The number of amides is 1. The number of rotatable bonds is 5. The highest BCUT2D eigenvalue weighted by Gasteiger charge is 2.21. The summed E-state index contributed by atoms with van der Waals surface area (Å²) in [6.07, 6.45) is 0. The lowest BCUT2D eigenvalue weighted by atomic mass is 9.95. The Morgan fingerprint density at radius 3 is 2.57 bits per heavy atom. The maximum atomic E-state index is 12.2. The molecule has 0 spiro atoms. The molecule has 0 aliphatic carbocycles. The smallest absolute Gasteiger partial charge is 0.225 e. The summed E-state index contributed by atoms with van der Waals surface area (Å²) in [6, 6.07) is 15.1. The first-order chi connectivity index (χ1) is 10.1. The molecule has 0 fully saturated rings. The Bertz CT molecular complexity index is 598. The molecule has 0 saturated carbocycles. The van der Waals surface area contributed by atoms with Crippen LogP contribution in [-0.4, -0.2) is 10.9 Å². The summed E-state index contributed by atoms with van der Waals surface area (Å²) in [5.74, 6) is -0.355. The molecule has 2 aromatic rings. The van der Waals surface area contributed by atoms with Crippen molar-refractivity contribution in [2.24, 2.45) is 11.7 Å². The van der Waals surface area contributed by atoms with E-state index in [1.807, 2.05) is 62.4 Å². The second kappa shape index (κ2) is 6.99. The summed E-state index contributed by atoms with van der Waals surface area (Å²) >= 11 is 0. The first kappa shape index (κ1) is 15.2. The number of nitrogens with one attached hydrogen (secondary N) is 1. The van der Waals surface area contributed by atoms with Crippen molar-refractivity contribution in [3.63, 3.8) is 0 Å². The minimum atomic E-state index is -0.309. The maximum absolute atomic E-state index is 12.2. The van der Waals surface area contributed by atoms with Crippen molar-refractivity contribution < 1.29 is 4.79 Å². The highest BCUT2D eigenvalue weighted by Crippen LogP contribution is 2.19. The lowest BCUT2D eigenvalue weighted by Crippen LogP contribution is -2.35. The monoisotopic (exact) mass is 283 g/mol. The van der Waals surface area contributed by atoms with E-state index >= 15 is 0 Å². The van der Waals surface area contributed by atoms with E-state index in [1.54, 1.807) is 0 Å². The van der Waals surface area contributed by atoms with Crippen molar-refractivity contribution in [2.75, 3.05) is 0 Å². The molecule has 0 bridgehead atoms. The van der Waals surface area contributed by atoms with Crippen molar-refractivity contribution in [2.45, 2.75) is 26.4 Å². The van der Waals surface area contributed by atoms with Crippen molar-refractivity contribution in [3.8, 4) is 0 Å². The van der Waals surface area contributed by atoms with Gasteiger partial charge >= 0.3 is 0 Å². The molecule has 1 aromatic carbocycles. The van der Waals surface area contributed by atoms with Gasteiger partial charge in [0.15, 0.2) is 0 Å². The van der Waals surface area contributed by atoms with Crippen molar-refractivity contribution in [1.82, 2.24) is 10.3 Å². The van der Waals surface area contributed by atoms with Crippen molar-refractivity contribution in [1.29, 1.82) is 0 Å². The Kier molecular flexibility index (Phi) is 5.06. The fourth-order valence-electron chi connectivity index (χ4n) is 2.16. The summed E-state index contributed by atoms with van der Waals surface area (Å²) in [5, 5.41) is 2.90. The molecule has 2 atom stereocenters. The highest BCUT2D eigenvalue weighted by molar-refractivity contribution is 5.79. The molecule has 21 heavy (non-hydrogen) atoms. The van der Waals surface area contributed by atoms with Crippen LogP contribution in [-0.2, 0) is 11.3 Å². The van der Waals surface area contributed by atoms with Gasteiger partial charge in [-0.1, -0.05) is 43.3 Å². The van der Waals surface area contributed by atoms with E-state index in [9.17, 15) is 4.79 Å². The molecular weight excluding hydrogens is 262 g/mol. The third-order valence-electron chi connectivity index (χ3n) is 3.53. The van der Waals surface area contributed by atoms with E-state index in [-0.39, 0.29) is 17.9 Å². The zero-order valence-corrected chi connectivity index (χ0v) is 12.4. The van der Waals surface area contributed by atoms with Crippen LogP contribution in [0.1, 0.15) is 29.9 Å². The van der Waals surface area contributed by atoms with E-state index in [4.69, 9.17) is 5.73 Å². The predicted octanol–water partition coefficient (Wildman–Crippen LogP) is 2.34. The van der Waals surface area contributed by atoms with E-state index in [0.717, 1.165) is 17.0 Å². The fourth-order valence-corrected chi connectivity index (χ4v) is 2.16. The lowest BCUT2D eigenvalue weighted by Gasteiger charge is -2.19. The van der Waals surface area contributed by atoms with Gasteiger partial charge in [0.2, 0.25) is 5.91 Å². The molecule has 0 aliphatic rings. The van der Waals surface area contributed by atoms with Crippen LogP contribution in [0.4, 0.5) is 0 Å². The molecule has 0 saturated heterocycles. The van der Waals surface area contributed by atoms with Gasteiger partial charge in [-0.3, -0.25) is 9.78 Å². The molecule has 2 unspecified atom stereocenters. The highest BCUT2D eigenvalue weighted by atomic mass is 16.1. The molecule has 4 heteroatoms. The topological polar surface area (TPSA) is 68.0 Å². The van der Waals surface area contributed by atoms with Crippen molar-refractivity contribution in [3.05, 3.63) is 65.5 Å². The number of nitrogens with two attached hydrogens (primary N) is 1. The standard InChI is InChI=1S/C17H21N3O/c1-12-7-6-10-15(20-12)11-19-17(21)13(2)16(18)14-8-4-3-5-9-14/h3-10,13,16H,11,18H2,1-2H3,(H,19,21). The van der Waals surface area contributed by atoms with Gasteiger partial charge in [-0.2, -0.15) is 0 Å². The third-order valence-corrected chi connectivity index (χ3v) is 3.53. The largest absolute Gasteiger partial charge is 0.350 e. The summed E-state index contributed by atoms with van der Waals surface area (Å²) in [7, 11) is 0. The Morgan fingerprint density at radius 2 is 1.90 bits per heavy atom. The predicted molar refractivity (Wildman–Crippen MR) is 83.4 cm³/mol. The van der Waals surface area contributed by atoms with Gasteiger partial charge in [-0.25, -0.2) is 0 Å². The number of aromatic nitrogens is 1. The van der Waals surface area contributed by atoms with Gasteiger partial charge in [0.25, 0.3) is 0 Å². The van der Waals surface area contributed by atoms with Gasteiger partial charge in [0.05, 0.1) is 18.2 Å². The van der Waals surface area contributed by atoms with Crippen molar-refractivity contribution >= 4 is 5.91 Å². The van der Waals surface area contributed by atoms with E-state index in [1.165, 1.54) is 0 Å². The van der Waals surface area contributed by atoms with E-state index in [2.05, 4.69) is 10.3 Å².